The fourth-order valence-corrected chi connectivity index (χ4v) is 3.38. The maximum absolute atomic E-state index is 10.8. The molecular weight excluding hydrogens is 216 g/mol. The fourth-order valence-electron chi connectivity index (χ4n) is 3.38. The highest BCUT2D eigenvalue weighted by molar-refractivity contribution is 5.67. The molecule has 0 aromatic carbocycles. The van der Waals surface area contributed by atoms with E-state index in [0.29, 0.717) is 5.41 Å². The molecule has 0 aromatic heterocycles. The van der Waals surface area contributed by atoms with Gasteiger partial charge < -0.3 is 10.4 Å². The van der Waals surface area contributed by atoms with E-state index in [-0.39, 0.29) is 12.5 Å². The van der Waals surface area contributed by atoms with Gasteiger partial charge in [0.15, 0.2) is 0 Å². The second kappa shape index (κ2) is 5.36. The zero-order chi connectivity index (χ0) is 12.3. The smallest absolute Gasteiger partial charge is 0.304 e. The Hall–Kier alpha value is -0.610. The first-order valence-corrected chi connectivity index (χ1v) is 6.78. The number of hydrogen-bond donors (Lipinski definition) is 2. The van der Waals surface area contributed by atoms with Gasteiger partial charge >= 0.3 is 5.97 Å². The number of carboxylic acids is 1. The zero-order valence-electron chi connectivity index (χ0n) is 10.7. The molecule has 2 unspecified atom stereocenters. The molecule has 2 saturated heterocycles. The lowest BCUT2D eigenvalue weighted by molar-refractivity contribution is -0.138. The van der Waals surface area contributed by atoms with Gasteiger partial charge in [0.05, 0.1) is 6.42 Å². The van der Waals surface area contributed by atoms with Crippen LogP contribution < -0.4 is 5.32 Å². The molecule has 0 aromatic rings. The molecule has 0 bridgehead atoms. The summed E-state index contributed by atoms with van der Waals surface area (Å²) in [6.07, 6.45) is 5.35. The van der Waals surface area contributed by atoms with Crippen molar-refractivity contribution in [2.24, 2.45) is 5.41 Å². The summed E-state index contributed by atoms with van der Waals surface area (Å²) >= 11 is 0. The summed E-state index contributed by atoms with van der Waals surface area (Å²) in [5.41, 5.74) is 0.420. The summed E-state index contributed by atoms with van der Waals surface area (Å²) in [7, 11) is 0. The van der Waals surface area contributed by atoms with Crippen LogP contribution in [-0.4, -0.2) is 48.2 Å². The number of piperidine rings is 2. The monoisotopic (exact) mass is 240 g/mol. The fraction of sp³-hybridized carbons (Fsp3) is 0.923. The molecule has 1 spiro atoms. The van der Waals surface area contributed by atoms with E-state index in [9.17, 15) is 4.79 Å². The minimum atomic E-state index is -0.682. The van der Waals surface area contributed by atoms with Crippen molar-refractivity contribution < 1.29 is 9.90 Å². The summed E-state index contributed by atoms with van der Waals surface area (Å²) in [4.78, 5) is 13.2. The van der Waals surface area contributed by atoms with E-state index in [4.69, 9.17) is 5.11 Å². The van der Waals surface area contributed by atoms with Crippen LogP contribution >= 0.6 is 0 Å². The average molecular weight is 240 g/mol. The Balaban J connectivity index is 1.93. The summed E-state index contributed by atoms with van der Waals surface area (Å²) in [6, 6.07) is 0.173. The zero-order valence-corrected chi connectivity index (χ0v) is 10.7. The van der Waals surface area contributed by atoms with Crippen molar-refractivity contribution in [3.63, 3.8) is 0 Å². The predicted octanol–water partition coefficient (Wildman–Crippen LogP) is 1.32. The van der Waals surface area contributed by atoms with Crippen molar-refractivity contribution in [3.8, 4) is 0 Å². The third kappa shape index (κ3) is 3.19. The molecule has 4 nitrogen and oxygen atoms in total. The number of rotatable bonds is 3. The molecule has 98 valence electrons. The highest BCUT2D eigenvalue weighted by atomic mass is 16.4. The molecule has 0 amide bonds. The Kier molecular flexibility index (Phi) is 4.05. The lowest BCUT2D eigenvalue weighted by atomic mass is 9.74. The van der Waals surface area contributed by atoms with Gasteiger partial charge in [-0.1, -0.05) is 0 Å². The average Bonchev–Trinajstić information content (AvgIpc) is 2.29. The lowest BCUT2D eigenvalue weighted by Gasteiger charge is -2.47. The molecule has 2 fully saturated rings. The van der Waals surface area contributed by atoms with Gasteiger partial charge in [-0.3, -0.25) is 9.69 Å². The number of aliphatic carboxylic acids is 1. The lowest BCUT2D eigenvalue weighted by Crippen LogP contribution is -2.53. The summed E-state index contributed by atoms with van der Waals surface area (Å²) in [5.74, 6) is -0.682. The minimum absolute atomic E-state index is 0.173. The number of carboxylic acid groups (broad SMARTS) is 1. The Morgan fingerprint density at radius 1 is 1.47 bits per heavy atom. The second-order valence-electron chi connectivity index (χ2n) is 5.80. The van der Waals surface area contributed by atoms with Crippen LogP contribution in [0.3, 0.4) is 0 Å². The summed E-state index contributed by atoms with van der Waals surface area (Å²) < 4.78 is 0. The molecule has 2 N–H and O–H groups in total. The molecule has 0 saturated carbocycles. The van der Waals surface area contributed by atoms with Crippen molar-refractivity contribution in [2.45, 2.75) is 45.1 Å². The molecule has 2 rings (SSSR count). The normalized spacial score (nSPS) is 32.5. The van der Waals surface area contributed by atoms with Crippen LogP contribution in [0.2, 0.25) is 0 Å². The Morgan fingerprint density at radius 3 is 2.88 bits per heavy atom. The number of carbonyl (C=O) groups is 1. The summed E-state index contributed by atoms with van der Waals surface area (Å²) in [5, 5.41) is 12.4. The minimum Gasteiger partial charge on any atom is -0.481 e. The van der Waals surface area contributed by atoms with Gasteiger partial charge in [0.25, 0.3) is 0 Å². The van der Waals surface area contributed by atoms with E-state index in [1.807, 2.05) is 6.92 Å². The van der Waals surface area contributed by atoms with Crippen molar-refractivity contribution in [3.05, 3.63) is 0 Å². The van der Waals surface area contributed by atoms with E-state index < -0.39 is 5.97 Å². The standard InChI is InChI=1S/C13H24N2O2/c1-11(8-12(16)17)15-7-3-5-13(10-15)4-2-6-14-9-13/h11,14H,2-10H2,1H3,(H,16,17). The summed E-state index contributed by atoms with van der Waals surface area (Å²) in [6.45, 7) is 6.45. The highest BCUT2D eigenvalue weighted by Crippen LogP contribution is 2.36. The van der Waals surface area contributed by atoms with Crippen molar-refractivity contribution in [2.75, 3.05) is 26.2 Å². The van der Waals surface area contributed by atoms with Crippen molar-refractivity contribution in [1.29, 1.82) is 0 Å². The molecule has 17 heavy (non-hydrogen) atoms. The first-order valence-electron chi connectivity index (χ1n) is 6.78. The van der Waals surface area contributed by atoms with Crippen LogP contribution in [0.5, 0.6) is 0 Å². The van der Waals surface area contributed by atoms with Crippen molar-refractivity contribution in [1.82, 2.24) is 10.2 Å². The number of likely N-dealkylation sites (tertiary alicyclic amines) is 1. The van der Waals surface area contributed by atoms with E-state index in [0.717, 1.165) is 26.2 Å². The Labute approximate surface area is 103 Å². The predicted molar refractivity (Wildman–Crippen MR) is 67.1 cm³/mol. The molecule has 0 radical (unpaired) electrons. The van der Waals surface area contributed by atoms with E-state index in [1.54, 1.807) is 0 Å². The molecule has 0 aliphatic carbocycles. The maximum Gasteiger partial charge on any atom is 0.304 e. The van der Waals surface area contributed by atoms with Gasteiger partial charge in [0.2, 0.25) is 0 Å². The number of hydrogen-bond acceptors (Lipinski definition) is 3. The number of nitrogens with zero attached hydrogens (tertiary/aromatic N) is 1. The molecular formula is C13H24N2O2. The van der Waals surface area contributed by atoms with Crippen LogP contribution in [0.15, 0.2) is 0 Å². The van der Waals surface area contributed by atoms with E-state index >= 15 is 0 Å². The van der Waals surface area contributed by atoms with Gasteiger partial charge in [-0.15, -0.1) is 0 Å². The van der Waals surface area contributed by atoms with Gasteiger partial charge in [0, 0.05) is 19.1 Å². The van der Waals surface area contributed by atoms with Crippen LogP contribution in [0, 0.1) is 5.41 Å². The van der Waals surface area contributed by atoms with Crippen LogP contribution in [0.1, 0.15) is 39.0 Å². The van der Waals surface area contributed by atoms with E-state index in [1.165, 1.54) is 25.7 Å². The third-order valence-corrected chi connectivity index (χ3v) is 4.34. The van der Waals surface area contributed by atoms with Crippen LogP contribution in [0.4, 0.5) is 0 Å². The van der Waals surface area contributed by atoms with Crippen LogP contribution in [0.25, 0.3) is 0 Å². The highest BCUT2D eigenvalue weighted by Gasteiger charge is 2.37. The first kappa shape index (κ1) is 12.8. The quantitative estimate of drug-likeness (QED) is 0.781. The van der Waals surface area contributed by atoms with Crippen molar-refractivity contribution >= 4 is 5.97 Å². The maximum atomic E-state index is 10.8. The van der Waals surface area contributed by atoms with Crippen LogP contribution in [-0.2, 0) is 4.79 Å². The largest absolute Gasteiger partial charge is 0.481 e. The molecule has 2 heterocycles. The Bertz CT molecular complexity index is 269. The first-order chi connectivity index (χ1) is 8.11. The molecule has 2 aliphatic rings. The van der Waals surface area contributed by atoms with Gasteiger partial charge in [-0.05, 0) is 51.1 Å². The SMILES string of the molecule is CC(CC(=O)O)N1CCCC2(CCCNC2)C1. The molecule has 4 heteroatoms. The Morgan fingerprint density at radius 2 is 2.24 bits per heavy atom. The second-order valence-corrected chi connectivity index (χ2v) is 5.80. The van der Waals surface area contributed by atoms with Gasteiger partial charge in [0.1, 0.15) is 0 Å². The van der Waals surface area contributed by atoms with Gasteiger partial charge in [-0.25, -0.2) is 0 Å². The van der Waals surface area contributed by atoms with Gasteiger partial charge in [-0.2, -0.15) is 0 Å². The number of nitrogens with one attached hydrogen (secondary N) is 1. The van der Waals surface area contributed by atoms with E-state index in [2.05, 4.69) is 10.2 Å². The third-order valence-electron chi connectivity index (χ3n) is 4.34. The topological polar surface area (TPSA) is 52.6 Å². The molecule has 2 aliphatic heterocycles. The molecule has 2 atom stereocenters.